The molecule has 1 aliphatic heterocycles. The van der Waals surface area contributed by atoms with Crippen molar-refractivity contribution in [3.8, 4) is 0 Å². The fourth-order valence-corrected chi connectivity index (χ4v) is 4.03. The molecule has 0 radical (unpaired) electrons. The average molecular weight is 431 g/mol. The van der Waals surface area contributed by atoms with Crippen LogP contribution in [0, 0.1) is 0 Å². The molecule has 1 fully saturated rings. The number of nitrogens with one attached hydrogen (secondary N) is 2. The van der Waals surface area contributed by atoms with E-state index in [0.29, 0.717) is 37.2 Å². The molecule has 164 valence electrons. The first kappa shape index (κ1) is 21.1. The van der Waals surface area contributed by atoms with Crippen LogP contribution in [0.3, 0.4) is 0 Å². The van der Waals surface area contributed by atoms with Gasteiger partial charge in [-0.05, 0) is 44.9 Å². The van der Waals surface area contributed by atoms with E-state index >= 15 is 0 Å². The van der Waals surface area contributed by atoms with Crippen molar-refractivity contribution in [2.24, 2.45) is 0 Å². The summed E-state index contributed by atoms with van der Waals surface area (Å²) in [6, 6.07) is 9.94. The molecule has 4 rings (SSSR count). The molecule has 0 spiro atoms. The molecule has 1 aromatic carbocycles. The first-order valence-electron chi connectivity index (χ1n) is 10.3. The number of hydrogen-bond acceptors (Lipinski definition) is 4. The average Bonchev–Trinajstić information content (AvgIpc) is 3.14. The molecule has 3 aromatic rings. The number of H-pyrrole nitrogens is 1. The van der Waals surface area contributed by atoms with Gasteiger partial charge in [0, 0.05) is 36.3 Å². The lowest BCUT2D eigenvalue weighted by Crippen LogP contribution is -2.39. The third-order valence-corrected chi connectivity index (χ3v) is 5.43. The summed E-state index contributed by atoms with van der Waals surface area (Å²) in [4.78, 5) is 19.0. The highest BCUT2D eigenvalue weighted by atomic mass is 19.4. The van der Waals surface area contributed by atoms with Gasteiger partial charge in [0.1, 0.15) is 0 Å². The van der Waals surface area contributed by atoms with Gasteiger partial charge in [-0.2, -0.15) is 18.3 Å². The lowest BCUT2D eigenvalue weighted by molar-refractivity contribution is -0.136. The number of hydrogen-bond donors (Lipinski definition) is 2. The molecule has 0 aliphatic carbocycles. The zero-order valence-electron chi connectivity index (χ0n) is 17.3. The van der Waals surface area contributed by atoms with E-state index < -0.39 is 11.7 Å². The number of halogens is 3. The third kappa shape index (κ3) is 4.35. The minimum absolute atomic E-state index is 0.0574. The van der Waals surface area contributed by atoms with Crippen LogP contribution in [0.1, 0.15) is 54.2 Å². The summed E-state index contributed by atoms with van der Waals surface area (Å²) in [5.74, 6) is -0.259. The largest absolute Gasteiger partial charge is 0.417 e. The zero-order valence-corrected chi connectivity index (χ0v) is 17.3. The highest BCUT2D eigenvalue weighted by molar-refractivity contribution is 5.94. The molecule has 6 nitrogen and oxygen atoms in total. The second-order valence-electron chi connectivity index (χ2n) is 8.14. The van der Waals surface area contributed by atoms with Crippen molar-refractivity contribution in [1.82, 2.24) is 20.1 Å². The molecule has 0 saturated carbocycles. The summed E-state index contributed by atoms with van der Waals surface area (Å²) in [6.45, 7) is 4.56. The molecular weight excluding hydrogens is 407 g/mol. The van der Waals surface area contributed by atoms with Gasteiger partial charge in [0.15, 0.2) is 11.5 Å². The van der Waals surface area contributed by atoms with Crippen LogP contribution in [-0.2, 0) is 6.18 Å². The Kier molecular flexibility index (Phi) is 5.60. The lowest BCUT2D eigenvalue weighted by atomic mass is 9.92. The Morgan fingerprint density at radius 1 is 1.26 bits per heavy atom. The summed E-state index contributed by atoms with van der Waals surface area (Å²) >= 11 is 0. The zero-order chi connectivity index (χ0) is 22.2. The topological polar surface area (TPSA) is 73.9 Å². The Balaban J connectivity index is 1.68. The molecule has 1 atom stereocenters. The van der Waals surface area contributed by atoms with Gasteiger partial charge in [-0.25, -0.2) is 4.98 Å². The number of carbonyl (C=O) groups excluding carboxylic acids is 1. The number of aromatic amines is 1. The molecule has 3 heterocycles. The predicted molar refractivity (Wildman–Crippen MR) is 112 cm³/mol. The molecule has 2 aromatic heterocycles. The van der Waals surface area contributed by atoms with E-state index in [4.69, 9.17) is 0 Å². The smallest absolute Gasteiger partial charge is 0.366 e. The fourth-order valence-electron chi connectivity index (χ4n) is 4.03. The van der Waals surface area contributed by atoms with Crippen LogP contribution in [-0.4, -0.2) is 45.1 Å². The van der Waals surface area contributed by atoms with Gasteiger partial charge in [-0.15, -0.1) is 0 Å². The van der Waals surface area contributed by atoms with E-state index in [-0.39, 0.29) is 34.7 Å². The first-order chi connectivity index (χ1) is 14.7. The number of aromatic nitrogens is 3. The van der Waals surface area contributed by atoms with Crippen LogP contribution in [0.25, 0.3) is 11.0 Å². The molecule has 9 heteroatoms. The SMILES string of the molecule is CC(C)Nc1n[nH]c2nc(C3CCCN(C(=O)c4ccccc4)C3)cc(C(F)(F)F)c12. The van der Waals surface area contributed by atoms with Crippen LogP contribution in [0.5, 0.6) is 0 Å². The Hall–Kier alpha value is -3.10. The number of alkyl halides is 3. The molecular formula is C22H24F3N5O. The van der Waals surface area contributed by atoms with Gasteiger partial charge < -0.3 is 10.2 Å². The van der Waals surface area contributed by atoms with Gasteiger partial charge in [0.25, 0.3) is 5.91 Å². The summed E-state index contributed by atoms with van der Waals surface area (Å²) in [7, 11) is 0. The number of anilines is 1. The second kappa shape index (κ2) is 8.20. The number of pyridine rings is 1. The van der Waals surface area contributed by atoms with Crippen molar-refractivity contribution in [2.75, 3.05) is 18.4 Å². The lowest BCUT2D eigenvalue weighted by Gasteiger charge is -2.33. The standard InChI is InChI=1S/C22H24F3N5O/c1-13(2)26-19-18-16(22(23,24)25)11-17(27-20(18)29-28-19)15-9-6-10-30(12-15)21(31)14-7-4-3-5-8-14/h3-5,7-8,11,13,15H,6,9-10,12H2,1-2H3,(H2,26,27,28,29). The predicted octanol–water partition coefficient (Wildman–Crippen LogP) is 4.82. The number of benzene rings is 1. The third-order valence-electron chi connectivity index (χ3n) is 5.43. The van der Waals surface area contributed by atoms with Crippen molar-refractivity contribution in [2.45, 2.75) is 44.8 Å². The van der Waals surface area contributed by atoms with Crippen LogP contribution < -0.4 is 5.32 Å². The molecule has 1 unspecified atom stereocenters. The number of fused-ring (bicyclic) bond motifs is 1. The van der Waals surface area contributed by atoms with Gasteiger partial charge in [0.05, 0.1) is 10.9 Å². The van der Waals surface area contributed by atoms with Crippen molar-refractivity contribution in [3.05, 3.63) is 53.2 Å². The molecule has 31 heavy (non-hydrogen) atoms. The van der Waals surface area contributed by atoms with E-state index in [1.807, 2.05) is 19.9 Å². The van der Waals surface area contributed by atoms with Gasteiger partial charge in [-0.1, -0.05) is 18.2 Å². The van der Waals surface area contributed by atoms with E-state index in [1.54, 1.807) is 29.2 Å². The minimum Gasteiger partial charge on any atom is -0.366 e. The Morgan fingerprint density at radius 3 is 2.68 bits per heavy atom. The summed E-state index contributed by atoms with van der Waals surface area (Å²) in [5, 5.41) is 9.54. The summed E-state index contributed by atoms with van der Waals surface area (Å²) in [5.41, 5.74) is 0.223. The maximum atomic E-state index is 13.9. The van der Waals surface area contributed by atoms with Crippen molar-refractivity contribution in [3.63, 3.8) is 0 Å². The summed E-state index contributed by atoms with van der Waals surface area (Å²) < 4.78 is 41.8. The van der Waals surface area contributed by atoms with E-state index in [9.17, 15) is 18.0 Å². The molecule has 1 amide bonds. The maximum Gasteiger partial charge on any atom is 0.417 e. The molecule has 0 bridgehead atoms. The Labute approximate surface area is 177 Å². The molecule has 1 saturated heterocycles. The second-order valence-corrected chi connectivity index (χ2v) is 8.14. The van der Waals surface area contributed by atoms with Crippen molar-refractivity contribution >= 4 is 22.8 Å². The number of nitrogens with zero attached hydrogens (tertiary/aromatic N) is 3. The van der Waals surface area contributed by atoms with Crippen LogP contribution in [0.15, 0.2) is 36.4 Å². The van der Waals surface area contributed by atoms with Crippen LogP contribution in [0.2, 0.25) is 0 Å². The quantitative estimate of drug-likeness (QED) is 0.621. The number of piperidine rings is 1. The normalized spacial score (nSPS) is 17.4. The minimum atomic E-state index is -4.55. The highest BCUT2D eigenvalue weighted by Gasteiger charge is 2.37. The van der Waals surface area contributed by atoms with Crippen LogP contribution in [0.4, 0.5) is 19.0 Å². The highest BCUT2D eigenvalue weighted by Crippen LogP contribution is 2.39. The van der Waals surface area contributed by atoms with Gasteiger partial charge in [0.2, 0.25) is 0 Å². The first-order valence-corrected chi connectivity index (χ1v) is 10.3. The monoisotopic (exact) mass is 431 g/mol. The van der Waals surface area contributed by atoms with Crippen LogP contribution >= 0.6 is 0 Å². The molecule has 1 aliphatic rings. The number of amides is 1. The summed E-state index contributed by atoms with van der Waals surface area (Å²) in [6.07, 6.45) is -3.19. The Bertz CT molecular complexity index is 1080. The van der Waals surface area contributed by atoms with Gasteiger partial charge in [-0.3, -0.25) is 9.89 Å². The maximum absolute atomic E-state index is 13.9. The van der Waals surface area contributed by atoms with E-state index in [0.717, 1.165) is 6.07 Å². The fraction of sp³-hybridized carbons (Fsp3) is 0.409. The van der Waals surface area contributed by atoms with Gasteiger partial charge >= 0.3 is 6.18 Å². The van der Waals surface area contributed by atoms with E-state index in [2.05, 4.69) is 20.5 Å². The van der Waals surface area contributed by atoms with Crippen molar-refractivity contribution < 1.29 is 18.0 Å². The van der Waals surface area contributed by atoms with Crippen molar-refractivity contribution in [1.29, 1.82) is 0 Å². The molecule has 2 N–H and O–H groups in total. The number of likely N-dealkylation sites (tertiary alicyclic amines) is 1. The Morgan fingerprint density at radius 2 is 2.00 bits per heavy atom. The number of carbonyl (C=O) groups is 1. The number of rotatable bonds is 4. The van der Waals surface area contributed by atoms with E-state index in [1.165, 1.54) is 0 Å².